The van der Waals surface area contributed by atoms with E-state index < -0.39 is 0 Å². The first kappa shape index (κ1) is 15.5. The molecule has 2 heterocycles. The van der Waals surface area contributed by atoms with Crippen LogP contribution in [0.5, 0.6) is 11.5 Å². The van der Waals surface area contributed by atoms with Crippen LogP contribution in [0, 0.1) is 0 Å². The van der Waals surface area contributed by atoms with Crippen LogP contribution in [-0.4, -0.2) is 20.8 Å². The highest BCUT2D eigenvalue weighted by atomic mass is 16.5. The molecule has 2 amide bonds. The van der Waals surface area contributed by atoms with Gasteiger partial charge in [-0.15, -0.1) is 0 Å². The van der Waals surface area contributed by atoms with Crippen molar-refractivity contribution in [2.45, 2.75) is 6.54 Å². The summed E-state index contributed by atoms with van der Waals surface area (Å²) in [6, 6.07) is 10.4. The van der Waals surface area contributed by atoms with Gasteiger partial charge in [0.1, 0.15) is 11.5 Å². The fourth-order valence-corrected chi connectivity index (χ4v) is 2.07. The fraction of sp³-hybridized carbons (Fsp3) is 0.118. The molecule has 7 heteroatoms. The van der Waals surface area contributed by atoms with Gasteiger partial charge in [-0.25, -0.2) is 4.79 Å². The smallest absolute Gasteiger partial charge is 0.319 e. The number of nitrogens with one attached hydrogen (secondary N) is 2. The van der Waals surface area contributed by atoms with Crippen LogP contribution in [0.2, 0.25) is 0 Å². The molecule has 122 valence electrons. The number of rotatable bonds is 5. The summed E-state index contributed by atoms with van der Waals surface area (Å²) >= 11 is 0. The molecule has 0 radical (unpaired) electrons. The maximum atomic E-state index is 11.9. The highest BCUT2D eigenvalue weighted by Crippen LogP contribution is 2.22. The normalized spacial score (nSPS) is 10.2. The lowest BCUT2D eigenvalue weighted by molar-refractivity contribution is 0.251. The number of aryl methyl sites for hydroxylation is 1. The highest BCUT2D eigenvalue weighted by Gasteiger charge is 2.03. The molecule has 0 bridgehead atoms. The zero-order chi connectivity index (χ0) is 16.8. The summed E-state index contributed by atoms with van der Waals surface area (Å²) in [4.78, 5) is 15.8. The van der Waals surface area contributed by atoms with E-state index >= 15 is 0 Å². The molecule has 1 aromatic carbocycles. The molecular formula is C17H17N5O2. The van der Waals surface area contributed by atoms with Crippen molar-refractivity contribution in [2.75, 3.05) is 5.32 Å². The quantitative estimate of drug-likeness (QED) is 0.756. The van der Waals surface area contributed by atoms with Crippen LogP contribution in [0.15, 0.2) is 61.2 Å². The standard InChI is InChI=1S/C17H17N5O2/c1-22-12-13(11-20-22)10-19-17(23)21-14-2-4-15(5-3-14)24-16-6-8-18-9-7-16/h2-9,11-12H,10H2,1H3,(H2,19,21,23). The lowest BCUT2D eigenvalue weighted by Gasteiger charge is -2.08. The summed E-state index contributed by atoms with van der Waals surface area (Å²) in [5.41, 5.74) is 1.62. The monoisotopic (exact) mass is 323 g/mol. The van der Waals surface area contributed by atoms with Gasteiger partial charge in [0, 0.05) is 43.4 Å². The Morgan fingerprint density at radius 3 is 2.50 bits per heavy atom. The van der Waals surface area contributed by atoms with E-state index in [1.165, 1.54) is 0 Å². The second-order valence-electron chi connectivity index (χ2n) is 5.14. The number of anilines is 1. The van der Waals surface area contributed by atoms with Gasteiger partial charge in [0.2, 0.25) is 0 Å². The summed E-state index contributed by atoms with van der Waals surface area (Å²) in [5, 5.41) is 9.59. The van der Waals surface area contributed by atoms with Gasteiger partial charge in [0.15, 0.2) is 0 Å². The van der Waals surface area contributed by atoms with E-state index in [1.54, 1.807) is 59.7 Å². The van der Waals surface area contributed by atoms with Crippen molar-refractivity contribution in [2.24, 2.45) is 7.05 Å². The largest absolute Gasteiger partial charge is 0.457 e. The third kappa shape index (κ3) is 4.33. The topological polar surface area (TPSA) is 81.1 Å². The zero-order valence-electron chi connectivity index (χ0n) is 13.1. The maximum Gasteiger partial charge on any atom is 0.319 e. The lowest BCUT2D eigenvalue weighted by atomic mass is 10.3. The van der Waals surface area contributed by atoms with E-state index in [1.807, 2.05) is 13.2 Å². The predicted molar refractivity (Wildman–Crippen MR) is 89.8 cm³/mol. The summed E-state index contributed by atoms with van der Waals surface area (Å²) in [6.07, 6.45) is 6.90. The van der Waals surface area contributed by atoms with Gasteiger partial charge in [-0.05, 0) is 36.4 Å². The molecule has 2 N–H and O–H groups in total. The average molecular weight is 323 g/mol. The molecule has 0 spiro atoms. The molecule has 3 aromatic rings. The number of carbonyl (C=O) groups excluding carboxylic acids is 1. The van der Waals surface area contributed by atoms with Crippen molar-refractivity contribution in [1.29, 1.82) is 0 Å². The number of hydrogen-bond acceptors (Lipinski definition) is 4. The fourth-order valence-electron chi connectivity index (χ4n) is 2.07. The van der Waals surface area contributed by atoms with Gasteiger partial charge in [0.25, 0.3) is 0 Å². The van der Waals surface area contributed by atoms with Gasteiger partial charge in [-0.3, -0.25) is 9.67 Å². The molecule has 0 atom stereocenters. The molecule has 0 saturated heterocycles. The summed E-state index contributed by atoms with van der Waals surface area (Å²) in [5.74, 6) is 1.39. The molecule has 0 aliphatic heterocycles. The number of hydrogen-bond donors (Lipinski definition) is 2. The van der Waals surface area contributed by atoms with Gasteiger partial charge >= 0.3 is 6.03 Å². The molecule has 0 unspecified atom stereocenters. The Morgan fingerprint density at radius 2 is 1.83 bits per heavy atom. The van der Waals surface area contributed by atoms with Crippen molar-refractivity contribution in [3.8, 4) is 11.5 Å². The van der Waals surface area contributed by atoms with E-state index in [0.29, 0.717) is 23.7 Å². The first-order valence-electron chi connectivity index (χ1n) is 7.39. The minimum Gasteiger partial charge on any atom is -0.457 e. The lowest BCUT2D eigenvalue weighted by Crippen LogP contribution is -2.27. The second-order valence-corrected chi connectivity index (χ2v) is 5.14. The van der Waals surface area contributed by atoms with Crippen LogP contribution in [0.3, 0.4) is 0 Å². The van der Waals surface area contributed by atoms with Crippen LogP contribution in [0.4, 0.5) is 10.5 Å². The Labute approximate surface area is 139 Å². The maximum absolute atomic E-state index is 11.9. The van der Waals surface area contributed by atoms with Crippen molar-refractivity contribution in [3.63, 3.8) is 0 Å². The number of benzene rings is 1. The number of pyridine rings is 1. The molecule has 0 fully saturated rings. The molecule has 0 aliphatic carbocycles. The Kier molecular flexibility index (Phi) is 4.71. The van der Waals surface area contributed by atoms with Gasteiger partial charge in [0.05, 0.1) is 6.20 Å². The molecule has 3 rings (SSSR count). The molecule has 24 heavy (non-hydrogen) atoms. The Hall–Kier alpha value is -3.35. The molecule has 0 saturated carbocycles. The SMILES string of the molecule is Cn1cc(CNC(=O)Nc2ccc(Oc3ccncc3)cc2)cn1. The highest BCUT2D eigenvalue weighted by molar-refractivity contribution is 5.89. The number of urea groups is 1. The molecular weight excluding hydrogens is 306 g/mol. The first-order valence-corrected chi connectivity index (χ1v) is 7.39. The minimum atomic E-state index is -0.276. The van der Waals surface area contributed by atoms with Crippen molar-refractivity contribution < 1.29 is 9.53 Å². The Bertz CT molecular complexity index is 799. The predicted octanol–water partition coefficient (Wildman–Crippen LogP) is 2.93. The zero-order valence-corrected chi connectivity index (χ0v) is 13.1. The summed E-state index contributed by atoms with van der Waals surface area (Å²) < 4.78 is 7.36. The third-order valence-corrected chi connectivity index (χ3v) is 3.21. The number of amides is 2. The number of ether oxygens (including phenoxy) is 1. The van der Waals surface area contributed by atoms with Gasteiger partial charge in [-0.1, -0.05) is 0 Å². The van der Waals surface area contributed by atoms with Gasteiger partial charge < -0.3 is 15.4 Å². The van der Waals surface area contributed by atoms with E-state index in [4.69, 9.17) is 4.74 Å². The number of carbonyl (C=O) groups is 1. The van der Waals surface area contributed by atoms with Crippen LogP contribution in [0.25, 0.3) is 0 Å². The van der Waals surface area contributed by atoms with E-state index in [0.717, 1.165) is 5.56 Å². The van der Waals surface area contributed by atoms with Crippen molar-refractivity contribution in [3.05, 3.63) is 66.7 Å². The number of aromatic nitrogens is 3. The van der Waals surface area contributed by atoms with E-state index in [9.17, 15) is 4.79 Å². The van der Waals surface area contributed by atoms with E-state index in [2.05, 4.69) is 20.7 Å². The second kappa shape index (κ2) is 7.28. The Balaban J connectivity index is 1.51. The van der Waals surface area contributed by atoms with Crippen molar-refractivity contribution >= 4 is 11.7 Å². The van der Waals surface area contributed by atoms with Crippen LogP contribution < -0.4 is 15.4 Å². The average Bonchev–Trinajstić information content (AvgIpc) is 3.01. The third-order valence-electron chi connectivity index (χ3n) is 3.21. The summed E-state index contributed by atoms with van der Waals surface area (Å²) in [6.45, 7) is 0.420. The first-order chi connectivity index (χ1) is 11.7. The van der Waals surface area contributed by atoms with Crippen LogP contribution in [-0.2, 0) is 13.6 Å². The Morgan fingerprint density at radius 1 is 1.12 bits per heavy atom. The van der Waals surface area contributed by atoms with Crippen LogP contribution in [0.1, 0.15) is 5.56 Å². The van der Waals surface area contributed by atoms with E-state index in [-0.39, 0.29) is 6.03 Å². The summed E-state index contributed by atoms with van der Waals surface area (Å²) in [7, 11) is 1.83. The molecule has 0 aliphatic rings. The van der Waals surface area contributed by atoms with Crippen LogP contribution >= 0.6 is 0 Å². The van der Waals surface area contributed by atoms with Crippen molar-refractivity contribution in [1.82, 2.24) is 20.1 Å². The minimum absolute atomic E-state index is 0.276. The molecule has 2 aromatic heterocycles. The van der Waals surface area contributed by atoms with Gasteiger partial charge in [-0.2, -0.15) is 5.10 Å². The number of nitrogens with zero attached hydrogens (tertiary/aromatic N) is 3. The molecule has 7 nitrogen and oxygen atoms in total.